The molecular weight excluding hydrogens is 411 g/mol. The van der Waals surface area contributed by atoms with Crippen LogP contribution in [0.15, 0.2) is 48.7 Å². The fourth-order valence-electron chi connectivity index (χ4n) is 4.12. The number of likely N-dealkylation sites (tertiary alicyclic amines) is 1. The van der Waals surface area contributed by atoms with Crippen LogP contribution in [-0.4, -0.2) is 61.7 Å². The van der Waals surface area contributed by atoms with Gasteiger partial charge >= 0.3 is 0 Å². The van der Waals surface area contributed by atoms with Gasteiger partial charge in [-0.3, -0.25) is 4.79 Å². The number of amides is 1. The second-order valence-electron chi connectivity index (χ2n) is 7.20. The van der Waals surface area contributed by atoms with Gasteiger partial charge in [-0.15, -0.1) is 24.8 Å². The molecule has 2 aromatic rings. The summed E-state index contributed by atoms with van der Waals surface area (Å²) in [5.41, 5.74) is 7.96. The van der Waals surface area contributed by atoms with Gasteiger partial charge in [0.05, 0.1) is 18.8 Å². The predicted molar refractivity (Wildman–Crippen MR) is 119 cm³/mol. The first-order valence-electron chi connectivity index (χ1n) is 9.60. The Labute approximate surface area is 184 Å². The summed E-state index contributed by atoms with van der Waals surface area (Å²) in [4.78, 5) is 21.9. The molecule has 2 saturated heterocycles. The summed E-state index contributed by atoms with van der Waals surface area (Å²) in [6.45, 7) is 4.81. The van der Waals surface area contributed by atoms with E-state index in [9.17, 15) is 4.79 Å². The highest BCUT2D eigenvalue weighted by atomic mass is 35.5. The van der Waals surface area contributed by atoms with Crippen LogP contribution in [0.4, 0.5) is 5.82 Å². The minimum absolute atomic E-state index is 0. The summed E-state index contributed by atoms with van der Waals surface area (Å²) in [6, 6.07) is 14.1. The maximum absolute atomic E-state index is 13.3. The monoisotopic (exact) mass is 438 g/mol. The quantitative estimate of drug-likeness (QED) is 0.793. The third-order valence-electron chi connectivity index (χ3n) is 5.59. The Kier molecular flexibility index (Phi) is 8.71. The number of nitrogens with two attached hydrogens (primary N) is 1. The Hall–Kier alpha value is -1.86. The lowest BCUT2D eigenvalue weighted by molar-refractivity contribution is 0.0785. The lowest BCUT2D eigenvalue weighted by atomic mass is 9.89. The van der Waals surface area contributed by atoms with Crippen LogP contribution in [0.2, 0.25) is 0 Å². The molecular formula is C21H28Cl2N4O2. The van der Waals surface area contributed by atoms with E-state index in [0.29, 0.717) is 38.4 Å². The van der Waals surface area contributed by atoms with Gasteiger partial charge in [-0.1, -0.05) is 30.3 Å². The first-order chi connectivity index (χ1) is 13.3. The van der Waals surface area contributed by atoms with Crippen molar-refractivity contribution in [2.75, 3.05) is 50.8 Å². The van der Waals surface area contributed by atoms with E-state index < -0.39 is 0 Å². The second-order valence-corrected chi connectivity index (χ2v) is 7.20. The van der Waals surface area contributed by atoms with Crippen molar-refractivity contribution in [1.29, 1.82) is 0 Å². The maximum atomic E-state index is 13.3. The van der Waals surface area contributed by atoms with Crippen molar-refractivity contribution in [3.05, 3.63) is 59.8 Å². The second kappa shape index (κ2) is 10.8. The van der Waals surface area contributed by atoms with Gasteiger partial charge in [0.1, 0.15) is 5.82 Å². The third kappa shape index (κ3) is 5.01. The first-order valence-corrected chi connectivity index (χ1v) is 9.60. The van der Waals surface area contributed by atoms with Crippen molar-refractivity contribution in [3.63, 3.8) is 0 Å². The molecule has 0 spiro atoms. The molecule has 158 valence electrons. The first kappa shape index (κ1) is 23.4. The number of halogens is 2. The van der Waals surface area contributed by atoms with Gasteiger partial charge < -0.3 is 20.3 Å². The van der Waals surface area contributed by atoms with Crippen LogP contribution < -0.4 is 10.6 Å². The molecule has 0 aliphatic carbocycles. The van der Waals surface area contributed by atoms with Gasteiger partial charge in [0.2, 0.25) is 0 Å². The molecule has 1 amide bonds. The van der Waals surface area contributed by atoms with Crippen LogP contribution in [0.25, 0.3) is 0 Å². The summed E-state index contributed by atoms with van der Waals surface area (Å²) < 4.78 is 5.43. The number of pyridine rings is 1. The number of hydrogen-bond donors (Lipinski definition) is 1. The maximum Gasteiger partial charge on any atom is 0.257 e. The molecule has 0 bridgehead atoms. The standard InChI is InChI=1S/C21H26N4O2.2ClH/c22-13-17-14-25(15-19(17)16-5-2-1-3-6-16)21(26)18-7-4-8-23-20(18)24-9-11-27-12-10-24;;/h1-8,17,19H,9-15,22H2;2*1H/t17-,19+;;/m1../s1. The molecule has 29 heavy (non-hydrogen) atoms. The van der Waals surface area contributed by atoms with Gasteiger partial charge in [-0.25, -0.2) is 4.98 Å². The van der Waals surface area contributed by atoms with Gasteiger partial charge in [-0.05, 0) is 30.2 Å². The zero-order valence-electron chi connectivity index (χ0n) is 16.3. The van der Waals surface area contributed by atoms with Crippen molar-refractivity contribution in [2.45, 2.75) is 5.92 Å². The zero-order valence-corrected chi connectivity index (χ0v) is 17.9. The minimum Gasteiger partial charge on any atom is -0.378 e. The average molecular weight is 439 g/mol. The number of ether oxygens (including phenoxy) is 1. The zero-order chi connectivity index (χ0) is 18.6. The molecule has 4 rings (SSSR count). The van der Waals surface area contributed by atoms with Crippen molar-refractivity contribution >= 4 is 36.5 Å². The molecule has 0 unspecified atom stereocenters. The Morgan fingerprint density at radius 3 is 2.48 bits per heavy atom. The number of carbonyl (C=O) groups is 1. The van der Waals surface area contributed by atoms with Crippen molar-refractivity contribution in [2.24, 2.45) is 11.7 Å². The Balaban J connectivity index is 0.00000150. The normalized spacial score (nSPS) is 21.3. The molecule has 3 heterocycles. The van der Waals surface area contributed by atoms with Gasteiger partial charge in [0.15, 0.2) is 0 Å². The number of aromatic nitrogens is 1. The number of rotatable bonds is 4. The molecule has 6 nitrogen and oxygen atoms in total. The number of anilines is 1. The Bertz CT molecular complexity index is 787. The van der Waals surface area contributed by atoms with Crippen LogP contribution in [0, 0.1) is 5.92 Å². The van der Waals surface area contributed by atoms with Gasteiger partial charge in [0.25, 0.3) is 5.91 Å². The molecule has 2 aliphatic heterocycles. The van der Waals surface area contributed by atoms with Crippen molar-refractivity contribution < 1.29 is 9.53 Å². The van der Waals surface area contributed by atoms with Crippen LogP contribution >= 0.6 is 24.8 Å². The van der Waals surface area contributed by atoms with E-state index in [1.54, 1.807) is 6.20 Å². The molecule has 2 fully saturated rings. The van der Waals surface area contributed by atoms with Crippen LogP contribution in [-0.2, 0) is 4.74 Å². The Morgan fingerprint density at radius 1 is 1.07 bits per heavy atom. The highest BCUT2D eigenvalue weighted by Gasteiger charge is 2.36. The van der Waals surface area contributed by atoms with Crippen molar-refractivity contribution in [1.82, 2.24) is 9.88 Å². The number of benzene rings is 1. The van der Waals surface area contributed by atoms with E-state index in [1.165, 1.54) is 5.56 Å². The van der Waals surface area contributed by atoms with Crippen LogP contribution in [0.3, 0.4) is 0 Å². The molecule has 1 aromatic heterocycles. The highest BCUT2D eigenvalue weighted by molar-refractivity contribution is 5.99. The summed E-state index contributed by atoms with van der Waals surface area (Å²) in [7, 11) is 0. The molecule has 2 aliphatic rings. The van der Waals surface area contributed by atoms with Crippen molar-refractivity contribution in [3.8, 4) is 0 Å². The lowest BCUT2D eigenvalue weighted by Gasteiger charge is -2.30. The SMILES string of the molecule is Cl.Cl.NC[C@@H]1CN(C(=O)c2cccnc2N2CCOCC2)C[C@H]1c1ccccc1. The topological polar surface area (TPSA) is 71.7 Å². The fourth-order valence-corrected chi connectivity index (χ4v) is 4.12. The van der Waals surface area contributed by atoms with Gasteiger partial charge in [-0.2, -0.15) is 0 Å². The van der Waals surface area contributed by atoms with E-state index in [4.69, 9.17) is 10.5 Å². The van der Waals surface area contributed by atoms with Crippen LogP contribution in [0.1, 0.15) is 21.8 Å². The summed E-state index contributed by atoms with van der Waals surface area (Å²) in [5, 5.41) is 0. The number of nitrogens with zero attached hydrogens (tertiary/aromatic N) is 3. The van der Waals surface area contributed by atoms with E-state index >= 15 is 0 Å². The third-order valence-corrected chi connectivity index (χ3v) is 5.59. The molecule has 1 aromatic carbocycles. The molecule has 8 heteroatoms. The fraction of sp³-hybridized carbons (Fsp3) is 0.429. The van der Waals surface area contributed by atoms with E-state index in [0.717, 1.165) is 18.9 Å². The molecule has 2 atom stereocenters. The van der Waals surface area contributed by atoms with E-state index in [1.807, 2.05) is 35.2 Å². The minimum atomic E-state index is 0. The highest BCUT2D eigenvalue weighted by Crippen LogP contribution is 2.33. The summed E-state index contributed by atoms with van der Waals surface area (Å²) in [5.74, 6) is 1.36. The molecule has 0 radical (unpaired) electrons. The van der Waals surface area contributed by atoms with E-state index in [2.05, 4.69) is 22.0 Å². The number of hydrogen-bond acceptors (Lipinski definition) is 5. The smallest absolute Gasteiger partial charge is 0.257 e. The molecule has 0 saturated carbocycles. The predicted octanol–water partition coefficient (Wildman–Crippen LogP) is 2.58. The summed E-state index contributed by atoms with van der Waals surface area (Å²) >= 11 is 0. The van der Waals surface area contributed by atoms with Crippen LogP contribution in [0.5, 0.6) is 0 Å². The molecule has 2 N–H and O–H groups in total. The number of carbonyl (C=O) groups excluding carboxylic acids is 1. The Morgan fingerprint density at radius 2 is 1.79 bits per heavy atom. The number of morpholine rings is 1. The average Bonchev–Trinajstić information content (AvgIpc) is 3.19. The summed E-state index contributed by atoms with van der Waals surface area (Å²) in [6.07, 6.45) is 1.75. The van der Waals surface area contributed by atoms with Gasteiger partial charge in [0, 0.05) is 38.3 Å². The van der Waals surface area contributed by atoms with E-state index in [-0.39, 0.29) is 42.6 Å². The largest absolute Gasteiger partial charge is 0.378 e. The lowest BCUT2D eigenvalue weighted by Crippen LogP contribution is -2.39.